The minimum atomic E-state index is -0.665. The number of hydrogen-bond donors (Lipinski definition) is 1. The Bertz CT molecular complexity index is 1210. The maximum absolute atomic E-state index is 11.4. The molecule has 2 fully saturated rings. The van der Waals surface area contributed by atoms with E-state index in [0.29, 0.717) is 21.9 Å². The molecule has 2 aromatic carbocycles. The Balaban J connectivity index is 1.37. The van der Waals surface area contributed by atoms with Crippen molar-refractivity contribution in [2.24, 2.45) is 17.3 Å². The van der Waals surface area contributed by atoms with Crippen molar-refractivity contribution in [1.29, 1.82) is 0 Å². The lowest BCUT2D eigenvalue weighted by atomic mass is 9.58. The summed E-state index contributed by atoms with van der Waals surface area (Å²) in [4.78, 5) is 13.8. The number of rotatable bonds is 5. The van der Waals surface area contributed by atoms with E-state index in [9.17, 15) is 9.90 Å². The largest absolute Gasteiger partial charge is 0.481 e. The van der Waals surface area contributed by atoms with Crippen LogP contribution in [0.25, 0.3) is 11.0 Å². The summed E-state index contributed by atoms with van der Waals surface area (Å²) in [6.07, 6.45) is 1.57. The Morgan fingerprint density at radius 1 is 1.19 bits per heavy atom. The van der Waals surface area contributed by atoms with E-state index in [1.165, 1.54) is 11.3 Å². The molecule has 3 aromatic rings. The molecule has 1 aliphatic heterocycles. The summed E-state index contributed by atoms with van der Waals surface area (Å²) >= 11 is 12.5. The van der Waals surface area contributed by atoms with Gasteiger partial charge in [-0.2, -0.15) is 0 Å². The lowest BCUT2D eigenvalue weighted by molar-refractivity contribution is -0.158. The third-order valence-electron chi connectivity index (χ3n) is 7.43. The van der Waals surface area contributed by atoms with E-state index < -0.39 is 11.4 Å². The number of aliphatic carboxylic acids is 1. The van der Waals surface area contributed by atoms with E-state index in [2.05, 4.69) is 41.2 Å². The second-order valence-electron chi connectivity index (χ2n) is 9.70. The minimum absolute atomic E-state index is 0.0897. The first-order chi connectivity index (χ1) is 15.2. The highest BCUT2D eigenvalue weighted by atomic mass is 35.5. The summed E-state index contributed by atoms with van der Waals surface area (Å²) in [5.74, 6) is 0.407. The predicted molar refractivity (Wildman–Crippen MR) is 127 cm³/mol. The zero-order valence-electron chi connectivity index (χ0n) is 18.3. The van der Waals surface area contributed by atoms with Gasteiger partial charge in [-0.1, -0.05) is 34.5 Å². The maximum atomic E-state index is 11.4. The fourth-order valence-corrected chi connectivity index (χ4v) is 5.86. The molecule has 5 rings (SSSR count). The first-order valence-corrected chi connectivity index (χ1v) is 11.7. The quantitative estimate of drug-likeness (QED) is 0.523. The first kappa shape index (κ1) is 21.5. The Hall–Kier alpha value is -2.31. The molecule has 168 valence electrons. The number of aromatic nitrogens is 3. The molecule has 0 bridgehead atoms. The van der Waals surface area contributed by atoms with Crippen molar-refractivity contribution in [3.05, 3.63) is 51.5 Å². The second-order valence-corrected chi connectivity index (χ2v) is 10.5. The van der Waals surface area contributed by atoms with Crippen LogP contribution < -0.4 is 4.90 Å². The zero-order chi connectivity index (χ0) is 22.8. The summed E-state index contributed by atoms with van der Waals surface area (Å²) in [7, 11) is 0. The number of carboxylic acids is 1. The van der Waals surface area contributed by atoms with Crippen LogP contribution in [0.3, 0.4) is 0 Å². The molecule has 1 aliphatic carbocycles. The van der Waals surface area contributed by atoms with Gasteiger partial charge in [-0.3, -0.25) is 4.79 Å². The molecule has 0 spiro atoms. The van der Waals surface area contributed by atoms with Crippen LogP contribution in [-0.4, -0.2) is 39.2 Å². The van der Waals surface area contributed by atoms with E-state index >= 15 is 0 Å². The molecular weight excluding hydrogens is 447 g/mol. The molecule has 1 atom stereocenters. The van der Waals surface area contributed by atoms with Crippen molar-refractivity contribution in [1.82, 2.24) is 15.0 Å². The predicted octanol–water partition coefficient (Wildman–Crippen LogP) is 5.59. The Morgan fingerprint density at radius 2 is 1.91 bits per heavy atom. The standard InChI is InChI=1S/C24H26Cl2N4O2/c1-13-6-20-22(30(28-27-20)14(2)18-5-4-17(25)7-19(18)26)8-21(13)29-11-16(12-29)15-9-24(3,10-15)23(31)32/h4-8,14-16H,9-12H2,1-3H3,(H,31,32)/t14-,15?,24?/m1/s1. The first-order valence-electron chi connectivity index (χ1n) is 10.9. The number of fused-ring (bicyclic) bond motifs is 1. The van der Waals surface area contributed by atoms with Gasteiger partial charge < -0.3 is 10.0 Å². The van der Waals surface area contributed by atoms with E-state index in [1.807, 2.05) is 23.7 Å². The lowest BCUT2D eigenvalue weighted by Crippen LogP contribution is -2.56. The highest BCUT2D eigenvalue weighted by Gasteiger charge is 2.51. The monoisotopic (exact) mass is 472 g/mol. The van der Waals surface area contributed by atoms with E-state index in [-0.39, 0.29) is 6.04 Å². The number of benzene rings is 2. The van der Waals surface area contributed by atoms with Crippen LogP contribution in [0.4, 0.5) is 5.69 Å². The summed E-state index contributed by atoms with van der Waals surface area (Å²) in [6.45, 7) is 7.95. The fourth-order valence-electron chi connectivity index (χ4n) is 5.29. The van der Waals surface area contributed by atoms with Crippen LogP contribution in [0.2, 0.25) is 10.0 Å². The molecule has 1 saturated carbocycles. The van der Waals surface area contributed by atoms with Gasteiger partial charge in [0, 0.05) is 28.8 Å². The summed E-state index contributed by atoms with van der Waals surface area (Å²) < 4.78 is 1.91. The fraction of sp³-hybridized carbons (Fsp3) is 0.458. The lowest BCUT2D eigenvalue weighted by Gasteiger charge is -2.53. The SMILES string of the molecule is Cc1cc2nnn([C@H](C)c3ccc(Cl)cc3Cl)c2cc1N1CC(C2CC(C)(C(=O)O)C2)C1. The molecule has 1 aromatic heterocycles. The van der Waals surface area contributed by atoms with Gasteiger partial charge in [0.15, 0.2) is 0 Å². The van der Waals surface area contributed by atoms with Crippen LogP contribution in [0, 0.1) is 24.2 Å². The summed E-state index contributed by atoms with van der Waals surface area (Å²) in [5.41, 5.74) is 4.60. The van der Waals surface area contributed by atoms with Gasteiger partial charge in [-0.15, -0.1) is 5.10 Å². The molecular formula is C24H26Cl2N4O2. The van der Waals surface area contributed by atoms with Crippen LogP contribution in [0.5, 0.6) is 0 Å². The number of anilines is 1. The average molecular weight is 473 g/mol. The Labute approximate surface area is 197 Å². The van der Waals surface area contributed by atoms with Crippen molar-refractivity contribution in [2.45, 2.75) is 39.7 Å². The zero-order valence-corrected chi connectivity index (χ0v) is 19.9. The Kier molecular flexibility index (Phi) is 5.13. The number of carboxylic acid groups (broad SMARTS) is 1. The van der Waals surface area contributed by atoms with Crippen molar-refractivity contribution in [3.63, 3.8) is 0 Å². The number of halogens is 2. The summed E-state index contributed by atoms with van der Waals surface area (Å²) in [6, 6.07) is 9.69. The summed E-state index contributed by atoms with van der Waals surface area (Å²) in [5, 5.41) is 19.4. The molecule has 0 unspecified atom stereocenters. The van der Waals surface area contributed by atoms with Gasteiger partial charge in [0.05, 0.1) is 17.0 Å². The van der Waals surface area contributed by atoms with Crippen LogP contribution >= 0.6 is 23.2 Å². The highest BCUT2D eigenvalue weighted by molar-refractivity contribution is 6.35. The van der Waals surface area contributed by atoms with Crippen molar-refractivity contribution in [3.8, 4) is 0 Å². The van der Waals surface area contributed by atoms with Crippen LogP contribution in [0.1, 0.15) is 43.9 Å². The molecule has 1 saturated heterocycles. The number of nitrogens with zero attached hydrogens (tertiary/aromatic N) is 4. The van der Waals surface area contributed by atoms with Gasteiger partial charge in [0.25, 0.3) is 0 Å². The highest BCUT2D eigenvalue weighted by Crippen LogP contribution is 2.51. The molecule has 0 amide bonds. The number of carbonyl (C=O) groups is 1. The topological polar surface area (TPSA) is 71.2 Å². The van der Waals surface area contributed by atoms with Gasteiger partial charge >= 0.3 is 5.97 Å². The maximum Gasteiger partial charge on any atom is 0.309 e. The molecule has 8 heteroatoms. The van der Waals surface area contributed by atoms with E-state index in [0.717, 1.165) is 42.5 Å². The van der Waals surface area contributed by atoms with E-state index in [1.54, 1.807) is 6.07 Å². The van der Waals surface area contributed by atoms with Crippen LogP contribution in [0.15, 0.2) is 30.3 Å². The van der Waals surface area contributed by atoms with Gasteiger partial charge in [-0.05, 0) is 80.8 Å². The smallest absolute Gasteiger partial charge is 0.309 e. The number of aryl methyl sites for hydroxylation is 1. The molecule has 2 heterocycles. The van der Waals surface area contributed by atoms with Gasteiger partial charge in [0.1, 0.15) is 5.52 Å². The molecule has 2 aliphatic rings. The van der Waals surface area contributed by atoms with Crippen molar-refractivity contribution in [2.75, 3.05) is 18.0 Å². The third kappa shape index (κ3) is 3.44. The minimum Gasteiger partial charge on any atom is -0.481 e. The normalized spacial score (nSPS) is 24.3. The average Bonchev–Trinajstić information content (AvgIpc) is 3.07. The second kappa shape index (κ2) is 7.63. The van der Waals surface area contributed by atoms with Crippen LogP contribution in [-0.2, 0) is 4.79 Å². The van der Waals surface area contributed by atoms with Crippen molar-refractivity contribution >= 4 is 45.9 Å². The Morgan fingerprint density at radius 3 is 2.56 bits per heavy atom. The molecule has 1 N–H and O–H groups in total. The van der Waals surface area contributed by atoms with Crippen molar-refractivity contribution < 1.29 is 9.90 Å². The number of hydrogen-bond acceptors (Lipinski definition) is 4. The van der Waals surface area contributed by atoms with E-state index in [4.69, 9.17) is 23.2 Å². The van der Waals surface area contributed by atoms with Gasteiger partial charge in [-0.25, -0.2) is 4.68 Å². The molecule has 0 radical (unpaired) electrons. The molecule has 32 heavy (non-hydrogen) atoms. The van der Waals surface area contributed by atoms with Gasteiger partial charge in [0.2, 0.25) is 0 Å². The third-order valence-corrected chi connectivity index (χ3v) is 7.99. The molecule has 6 nitrogen and oxygen atoms in total.